The Morgan fingerprint density at radius 2 is 2.22 bits per heavy atom. The molecule has 0 saturated carbocycles. The Kier molecular flexibility index (Phi) is 3.47. The standard InChI is InChI=1S/C12H14N4O2/c13-9-3-4-10(11(14)17)16-12(9)15-6-5-8-2-1-7-18-8/h1-4,7H,5-6,13H2,(H2,14,17)(H,15,16). The number of nitrogens with one attached hydrogen (secondary N) is 1. The van der Waals surface area contributed by atoms with Crippen molar-refractivity contribution >= 4 is 17.4 Å². The smallest absolute Gasteiger partial charge is 0.267 e. The minimum atomic E-state index is -0.580. The first-order valence-corrected chi connectivity index (χ1v) is 5.49. The van der Waals surface area contributed by atoms with Crippen molar-refractivity contribution in [1.82, 2.24) is 4.98 Å². The molecule has 0 atom stereocenters. The highest BCUT2D eigenvalue weighted by Gasteiger charge is 2.06. The number of hydrogen-bond donors (Lipinski definition) is 3. The van der Waals surface area contributed by atoms with Gasteiger partial charge >= 0.3 is 0 Å². The van der Waals surface area contributed by atoms with Gasteiger partial charge in [-0.05, 0) is 24.3 Å². The zero-order valence-corrected chi connectivity index (χ0v) is 9.72. The molecule has 0 unspecified atom stereocenters. The summed E-state index contributed by atoms with van der Waals surface area (Å²) < 4.78 is 5.20. The molecule has 2 aromatic heterocycles. The molecule has 6 nitrogen and oxygen atoms in total. The van der Waals surface area contributed by atoms with Gasteiger partial charge in [0.25, 0.3) is 5.91 Å². The van der Waals surface area contributed by atoms with E-state index in [2.05, 4.69) is 10.3 Å². The van der Waals surface area contributed by atoms with Crippen molar-refractivity contribution in [2.45, 2.75) is 6.42 Å². The van der Waals surface area contributed by atoms with E-state index >= 15 is 0 Å². The lowest BCUT2D eigenvalue weighted by Crippen LogP contribution is -2.15. The number of furan rings is 1. The van der Waals surface area contributed by atoms with Gasteiger partial charge in [0.15, 0.2) is 0 Å². The highest BCUT2D eigenvalue weighted by Crippen LogP contribution is 2.15. The second-order valence-electron chi connectivity index (χ2n) is 3.75. The zero-order valence-electron chi connectivity index (χ0n) is 9.72. The second kappa shape index (κ2) is 5.22. The van der Waals surface area contributed by atoms with Crippen LogP contribution in [0.3, 0.4) is 0 Å². The Balaban J connectivity index is 2.00. The summed E-state index contributed by atoms with van der Waals surface area (Å²) in [6.07, 6.45) is 2.32. The molecule has 2 aromatic rings. The quantitative estimate of drug-likeness (QED) is 0.729. The number of carbonyl (C=O) groups is 1. The number of nitrogen functional groups attached to an aromatic ring is 1. The van der Waals surface area contributed by atoms with Crippen LogP contribution in [-0.4, -0.2) is 17.4 Å². The van der Waals surface area contributed by atoms with Gasteiger partial charge in [-0.1, -0.05) is 0 Å². The van der Waals surface area contributed by atoms with E-state index in [-0.39, 0.29) is 5.69 Å². The van der Waals surface area contributed by atoms with Gasteiger partial charge in [-0.15, -0.1) is 0 Å². The summed E-state index contributed by atoms with van der Waals surface area (Å²) in [5.41, 5.74) is 11.6. The molecule has 0 aliphatic rings. The topological polar surface area (TPSA) is 107 Å². The van der Waals surface area contributed by atoms with E-state index in [0.717, 1.165) is 5.76 Å². The van der Waals surface area contributed by atoms with Crippen molar-refractivity contribution in [2.75, 3.05) is 17.6 Å². The number of aromatic nitrogens is 1. The van der Waals surface area contributed by atoms with Crippen LogP contribution in [-0.2, 0) is 6.42 Å². The van der Waals surface area contributed by atoms with Crippen LogP contribution in [0, 0.1) is 0 Å². The first kappa shape index (κ1) is 12.0. The van der Waals surface area contributed by atoms with Gasteiger partial charge in [-0.3, -0.25) is 4.79 Å². The van der Waals surface area contributed by atoms with E-state index in [1.54, 1.807) is 12.3 Å². The summed E-state index contributed by atoms with van der Waals surface area (Å²) in [6.45, 7) is 0.604. The fraction of sp³-hybridized carbons (Fsp3) is 0.167. The molecule has 6 heteroatoms. The lowest BCUT2D eigenvalue weighted by molar-refractivity contribution is 0.0996. The van der Waals surface area contributed by atoms with Crippen molar-refractivity contribution in [3.05, 3.63) is 42.0 Å². The number of hydrogen-bond acceptors (Lipinski definition) is 5. The average Bonchev–Trinajstić information content (AvgIpc) is 2.84. The maximum Gasteiger partial charge on any atom is 0.267 e. The van der Waals surface area contributed by atoms with Gasteiger partial charge in [0, 0.05) is 13.0 Å². The molecule has 1 amide bonds. The van der Waals surface area contributed by atoms with E-state index in [0.29, 0.717) is 24.5 Å². The van der Waals surface area contributed by atoms with E-state index in [1.165, 1.54) is 6.07 Å². The molecule has 0 spiro atoms. The molecule has 0 fully saturated rings. The van der Waals surface area contributed by atoms with Gasteiger partial charge in [0.2, 0.25) is 0 Å². The van der Waals surface area contributed by atoms with E-state index in [9.17, 15) is 4.79 Å². The van der Waals surface area contributed by atoms with Crippen molar-refractivity contribution in [1.29, 1.82) is 0 Å². The van der Waals surface area contributed by atoms with Crippen LogP contribution in [0.2, 0.25) is 0 Å². The number of carbonyl (C=O) groups excluding carboxylic acids is 1. The number of primary amides is 1. The zero-order chi connectivity index (χ0) is 13.0. The third-order valence-corrected chi connectivity index (χ3v) is 2.42. The SMILES string of the molecule is NC(=O)c1ccc(N)c(NCCc2ccco2)n1. The average molecular weight is 246 g/mol. The third-order valence-electron chi connectivity index (χ3n) is 2.42. The molecule has 0 saturated heterocycles. The normalized spacial score (nSPS) is 10.2. The summed E-state index contributed by atoms with van der Waals surface area (Å²) in [7, 11) is 0. The Hall–Kier alpha value is -2.50. The molecule has 2 rings (SSSR count). The fourth-order valence-electron chi connectivity index (χ4n) is 1.51. The van der Waals surface area contributed by atoms with Gasteiger partial charge in [-0.2, -0.15) is 0 Å². The Morgan fingerprint density at radius 1 is 1.39 bits per heavy atom. The molecule has 0 radical (unpaired) electrons. The molecule has 0 bridgehead atoms. The molecule has 18 heavy (non-hydrogen) atoms. The van der Waals surface area contributed by atoms with Crippen molar-refractivity contribution in [2.24, 2.45) is 5.73 Å². The second-order valence-corrected chi connectivity index (χ2v) is 3.75. The summed E-state index contributed by atoms with van der Waals surface area (Å²) in [6, 6.07) is 6.81. The Morgan fingerprint density at radius 3 is 2.89 bits per heavy atom. The lowest BCUT2D eigenvalue weighted by atomic mass is 10.3. The van der Waals surface area contributed by atoms with Crippen LogP contribution in [0.1, 0.15) is 16.2 Å². The van der Waals surface area contributed by atoms with E-state index < -0.39 is 5.91 Å². The third kappa shape index (κ3) is 2.79. The highest BCUT2D eigenvalue weighted by molar-refractivity contribution is 5.91. The van der Waals surface area contributed by atoms with Crippen LogP contribution in [0.4, 0.5) is 11.5 Å². The Bertz CT molecular complexity index is 537. The summed E-state index contributed by atoms with van der Waals surface area (Å²) >= 11 is 0. The molecule has 0 aromatic carbocycles. The van der Waals surface area contributed by atoms with Crippen molar-refractivity contribution in [3.63, 3.8) is 0 Å². The largest absolute Gasteiger partial charge is 0.469 e. The van der Waals surface area contributed by atoms with E-state index in [1.807, 2.05) is 12.1 Å². The lowest BCUT2D eigenvalue weighted by Gasteiger charge is -2.08. The fourth-order valence-corrected chi connectivity index (χ4v) is 1.51. The van der Waals surface area contributed by atoms with Crippen LogP contribution in [0.15, 0.2) is 34.9 Å². The van der Waals surface area contributed by atoms with Gasteiger partial charge in [-0.25, -0.2) is 4.98 Å². The van der Waals surface area contributed by atoms with E-state index in [4.69, 9.17) is 15.9 Å². The van der Waals surface area contributed by atoms with Crippen LogP contribution in [0.25, 0.3) is 0 Å². The maximum absolute atomic E-state index is 11.0. The highest BCUT2D eigenvalue weighted by atomic mass is 16.3. The minimum absolute atomic E-state index is 0.185. The maximum atomic E-state index is 11.0. The molecular formula is C12H14N4O2. The number of anilines is 2. The Labute approximate surface area is 104 Å². The summed E-state index contributed by atoms with van der Waals surface area (Å²) in [5, 5.41) is 3.04. The van der Waals surface area contributed by atoms with Crippen LogP contribution < -0.4 is 16.8 Å². The number of nitrogens with zero attached hydrogens (tertiary/aromatic N) is 1. The molecule has 0 aliphatic carbocycles. The van der Waals surface area contributed by atoms with Gasteiger partial charge < -0.3 is 21.2 Å². The molecule has 0 aliphatic heterocycles. The molecule has 2 heterocycles. The molecule has 5 N–H and O–H groups in total. The summed E-state index contributed by atoms with van der Waals surface area (Å²) in [5.74, 6) is 0.745. The van der Waals surface area contributed by atoms with Crippen molar-refractivity contribution in [3.8, 4) is 0 Å². The number of amides is 1. The molecular weight excluding hydrogens is 232 g/mol. The number of rotatable bonds is 5. The number of nitrogens with two attached hydrogens (primary N) is 2. The minimum Gasteiger partial charge on any atom is -0.469 e. The van der Waals surface area contributed by atoms with Crippen molar-refractivity contribution < 1.29 is 9.21 Å². The van der Waals surface area contributed by atoms with Gasteiger partial charge in [0.1, 0.15) is 17.3 Å². The predicted octanol–water partition coefficient (Wildman–Crippen LogP) is 1.01. The van der Waals surface area contributed by atoms with Crippen LogP contribution in [0.5, 0.6) is 0 Å². The first-order chi connectivity index (χ1) is 8.66. The summed E-state index contributed by atoms with van der Waals surface area (Å²) in [4.78, 5) is 15.1. The predicted molar refractivity (Wildman–Crippen MR) is 68.1 cm³/mol. The monoisotopic (exact) mass is 246 g/mol. The first-order valence-electron chi connectivity index (χ1n) is 5.49. The number of pyridine rings is 1. The molecule has 94 valence electrons. The van der Waals surface area contributed by atoms with Crippen LogP contribution >= 0.6 is 0 Å². The van der Waals surface area contributed by atoms with Gasteiger partial charge in [0.05, 0.1) is 12.0 Å².